The Morgan fingerprint density at radius 3 is 2.03 bits per heavy atom. The SMILES string of the molecule is CCCc1cccc(CCC)c1[N-]C(c1cccc(-c2[c-]cccc2)n1)c1ccccc1C.[CH3-].[CH3-].[Hf+4]. The van der Waals surface area contributed by atoms with Crippen molar-refractivity contribution in [2.45, 2.75) is 52.5 Å². The van der Waals surface area contributed by atoms with Crippen LogP contribution in [0, 0.1) is 27.8 Å². The molecule has 2 nitrogen and oxygen atoms in total. The molecule has 1 unspecified atom stereocenters. The summed E-state index contributed by atoms with van der Waals surface area (Å²) in [6, 6.07) is 32.6. The number of nitrogens with zero attached hydrogens (tertiary/aromatic N) is 2. The van der Waals surface area contributed by atoms with Gasteiger partial charge in [-0.25, -0.2) is 0 Å². The predicted octanol–water partition coefficient (Wildman–Crippen LogP) is 9.46. The number of pyridine rings is 1. The first-order valence-electron chi connectivity index (χ1n) is 12.0. The molecule has 4 aromatic rings. The molecular formula is C33H38HfN2. The first-order valence-corrected chi connectivity index (χ1v) is 12.0. The summed E-state index contributed by atoms with van der Waals surface area (Å²) in [4.78, 5) is 5.08. The maximum absolute atomic E-state index is 5.46. The van der Waals surface area contributed by atoms with E-state index in [-0.39, 0.29) is 46.7 Å². The topological polar surface area (TPSA) is 27.0 Å². The van der Waals surface area contributed by atoms with E-state index in [1.54, 1.807) is 0 Å². The van der Waals surface area contributed by atoms with Crippen LogP contribution in [0.5, 0.6) is 0 Å². The summed E-state index contributed by atoms with van der Waals surface area (Å²) in [5.74, 6) is 0. The van der Waals surface area contributed by atoms with Crippen molar-refractivity contribution in [3.8, 4) is 11.3 Å². The van der Waals surface area contributed by atoms with E-state index in [0.717, 1.165) is 48.3 Å². The van der Waals surface area contributed by atoms with Gasteiger partial charge in [-0.15, -0.1) is 41.6 Å². The van der Waals surface area contributed by atoms with Gasteiger partial charge in [-0.3, -0.25) is 0 Å². The van der Waals surface area contributed by atoms with E-state index in [1.807, 2.05) is 18.2 Å². The van der Waals surface area contributed by atoms with Crippen LogP contribution < -0.4 is 0 Å². The molecule has 1 atom stereocenters. The Labute approximate surface area is 238 Å². The summed E-state index contributed by atoms with van der Waals surface area (Å²) >= 11 is 0. The monoisotopic (exact) mass is 642 g/mol. The molecule has 0 spiro atoms. The Bertz CT molecular complexity index is 1160. The summed E-state index contributed by atoms with van der Waals surface area (Å²) in [6.07, 6.45) is 4.27. The average molecular weight is 641 g/mol. The molecular weight excluding hydrogens is 603 g/mol. The zero-order chi connectivity index (χ0) is 23.0. The molecule has 0 aliphatic rings. The van der Waals surface area contributed by atoms with E-state index in [1.165, 1.54) is 22.3 Å². The van der Waals surface area contributed by atoms with Gasteiger partial charge in [-0.2, -0.15) is 0 Å². The summed E-state index contributed by atoms with van der Waals surface area (Å²) in [5, 5.41) is 5.46. The van der Waals surface area contributed by atoms with Gasteiger partial charge in [0, 0.05) is 5.69 Å². The second-order valence-electron chi connectivity index (χ2n) is 8.54. The number of aryl methyl sites for hydroxylation is 3. The first kappa shape index (κ1) is 31.5. The van der Waals surface area contributed by atoms with Crippen LogP contribution in [-0.2, 0) is 38.7 Å². The van der Waals surface area contributed by atoms with E-state index in [4.69, 9.17) is 10.3 Å². The van der Waals surface area contributed by atoms with Crippen molar-refractivity contribution in [2.75, 3.05) is 0 Å². The van der Waals surface area contributed by atoms with Crippen molar-refractivity contribution in [3.63, 3.8) is 0 Å². The predicted molar refractivity (Wildman–Crippen MR) is 152 cm³/mol. The van der Waals surface area contributed by atoms with Gasteiger partial charge in [-0.05, 0) is 43.1 Å². The Balaban J connectivity index is 0.00000216. The van der Waals surface area contributed by atoms with Gasteiger partial charge in [0.05, 0.1) is 0 Å². The number of para-hydroxylation sites is 1. The molecule has 0 saturated carbocycles. The van der Waals surface area contributed by atoms with Crippen molar-refractivity contribution in [1.29, 1.82) is 0 Å². The Morgan fingerprint density at radius 1 is 0.778 bits per heavy atom. The minimum atomic E-state index is -0.163. The molecule has 0 N–H and O–H groups in total. The fourth-order valence-electron chi connectivity index (χ4n) is 4.38. The first-order chi connectivity index (χ1) is 16.2. The maximum atomic E-state index is 5.46. The summed E-state index contributed by atoms with van der Waals surface area (Å²) < 4.78 is 0. The van der Waals surface area contributed by atoms with Crippen LogP contribution in [0.1, 0.15) is 60.7 Å². The van der Waals surface area contributed by atoms with Crippen molar-refractivity contribution in [3.05, 3.63) is 139 Å². The van der Waals surface area contributed by atoms with Crippen molar-refractivity contribution >= 4 is 5.69 Å². The quantitative estimate of drug-likeness (QED) is 0.132. The van der Waals surface area contributed by atoms with Crippen LogP contribution in [0.3, 0.4) is 0 Å². The van der Waals surface area contributed by atoms with Crippen molar-refractivity contribution in [2.24, 2.45) is 0 Å². The molecule has 3 aromatic carbocycles. The van der Waals surface area contributed by atoms with Gasteiger partial charge >= 0.3 is 25.8 Å². The Morgan fingerprint density at radius 2 is 1.42 bits per heavy atom. The molecule has 0 amide bonds. The van der Waals surface area contributed by atoms with Gasteiger partial charge in [-0.1, -0.05) is 98.0 Å². The minimum Gasteiger partial charge on any atom is -0.673 e. The van der Waals surface area contributed by atoms with Gasteiger partial charge < -0.3 is 25.2 Å². The van der Waals surface area contributed by atoms with Gasteiger partial charge in [0.15, 0.2) is 0 Å². The third-order valence-electron chi connectivity index (χ3n) is 6.02. The fourth-order valence-corrected chi connectivity index (χ4v) is 4.38. The van der Waals surface area contributed by atoms with Crippen LogP contribution in [0.25, 0.3) is 16.6 Å². The number of aromatic nitrogens is 1. The zero-order valence-electron chi connectivity index (χ0n) is 22.4. The van der Waals surface area contributed by atoms with E-state index in [9.17, 15) is 0 Å². The van der Waals surface area contributed by atoms with Crippen LogP contribution in [0.4, 0.5) is 5.69 Å². The second kappa shape index (κ2) is 15.6. The van der Waals surface area contributed by atoms with Crippen molar-refractivity contribution < 1.29 is 25.8 Å². The zero-order valence-corrected chi connectivity index (χ0v) is 26.0. The van der Waals surface area contributed by atoms with Crippen LogP contribution in [-0.4, -0.2) is 4.98 Å². The minimum absolute atomic E-state index is 0. The summed E-state index contributed by atoms with van der Waals surface area (Å²) in [6.45, 7) is 6.63. The molecule has 184 valence electrons. The third kappa shape index (κ3) is 7.49. The summed E-state index contributed by atoms with van der Waals surface area (Å²) in [7, 11) is 0. The second-order valence-corrected chi connectivity index (χ2v) is 8.54. The molecule has 0 radical (unpaired) electrons. The van der Waals surface area contributed by atoms with E-state index >= 15 is 0 Å². The molecule has 0 fully saturated rings. The number of hydrogen-bond acceptors (Lipinski definition) is 1. The standard InChI is InChI=1S/C31H32N2.2CH3.Hf/c1-4-13-25-18-11-19-26(14-5-2)30(25)33-31(27-20-10-9-15-23(27)3)29-22-12-21-28(32-29)24-16-7-6-8-17-24;;;/h6-12,15-16,18-22,31H,4-5,13-14H2,1-3H3;2*1H3;/q-2;2*-1;+4. The normalized spacial score (nSPS) is 10.9. The van der Waals surface area contributed by atoms with Crippen LogP contribution >= 0.6 is 0 Å². The third-order valence-corrected chi connectivity index (χ3v) is 6.02. The van der Waals surface area contributed by atoms with Gasteiger partial charge in [0.2, 0.25) is 0 Å². The van der Waals surface area contributed by atoms with Gasteiger partial charge in [0.1, 0.15) is 0 Å². The average Bonchev–Trinajstić information content (AvgIpc) is 2.85. The van der Waals surface area contributed by atoms with E-state index in [2.05, 4.69) is 93.6 Å². The molecule has 1 aromatic heterocycles. The summed E-state index contributed by atoms with van der Waals surface area (Å²) in [5.41, 5.74) is 9.13. The Hall–Kier alpha value is -2.52. The molecule has 0 aliphatic heterocycles. The maximum Gasteiger partial charge on any atom is 4.00 e. The van der Waals surface area contributed by atoms with E-state index < -0.39 is 0 Å². The van der Waals surface area contributed by atoms with E-state index in [0.29, 0.717) is 0 Å². The molecule has 1 heterocycles. The fraction of sp³-hybridized carbons (Fsp3) is 0.242. The molecule has 4 rings (SSSR count). The van der Waals surface area contributed by atoms with Gasteiger partial charge in [0.25, 0.3) is 0 Å². The molecule has 36 heavy (non-hydrogen) atoms. The largest absolute Gasteiger partial charge is 4.00 e. The number of rotatable bonds is 9. The molecule has 0 aliphatic carbocycles. The van der Waals surface area contributed by atoms with Crippen LogP contribution in [0.2, 0.25) is 0 Å². The molecule has 0 bridgehead atoms. The molecule has 3 heteroatoms. The smallest absolute Gasteiger partial charge is 0.673 e. The number of hydrogen-bond donors (Lipinski definition) is 0. The Kier molecular flexibility index (Phi) is 13.6. The van der Waals surface area contributed by atoms with Crippen LogP contribution in [0.15, 0.2) is 84.9 Å². The van der Waals surface area contributed by atoms with Crippen molar-refractivity contribution in [1.82, 2.24) is 4.98 Å². The number of benzene rings is 3. The molecule has 0 saturated heterocycles.